The summed E-state index contributed by atoms with van der Waals surface area (Å²) in [6.07, 6.45) is 72.5. The topological polar surface area (TPSA) is 228 Å². The van der Waals surface area contributed by atoms with Gasteiger partial charge in [-0.1, -0.05) is 365 Å². The standard InChI is InChI=1S/C83H157NO13/c1-3-5-7-9-11-13-15-17-19-21-23-25-27-29-31-33-35-37-38-40-42-44-46-48-50-52-54-56-58-60-62-64-66-72(87)71(70-94-82-80(93)78(91)81(74(69-86)96-82)97-83-79(92)77(90)76(89)73(68-85)95-83)84-75(88)67-65-63-61-59-57-55-53-51-49-47-45-43-41-39-36-34-32-30-28-26-24-22-20-18-16-14-12-10-8-6-4-2/h22,24,56,58,64,66,71-74,76-83,85-87,89-93H,3-21,23,25-55,57,59-63,65,67-70H2,1-2H3,(H,84,88)/b24-22-,58-56+,66-64+. The van der Waals surface area contributed by atoms with Crippen LogP contribution in [0.4, 0.5) is 0 Å². The highest BCUT2D eigenvalue weighted by molar-refractivity contribution is 5.76. The molecule has 0 aliphatic carbocycles. The highest BCUT2D eigenvalue weighted by Crippen LogP contribution is 2.30. The van der Waals surface area contributed by atoms with Crippen LogP contribution in [-0.2, 0) is 23.7 Å². The van der Waals surface area contributed by atoms with Gasteiger partial charge in [0.2, 0.25) is 5.91 Å². The third kappa shape index (κ3) is 50.3. The van der Waals surface area contributed by atoms with Crippen LogP contribution < -0.4 is 5.32 Å². The summed E-state index contributed by atoms with van der Waals surface area (Å²) in [7, 11) is 0. The molecule has 2 heterocycles. The second-order valence-corrected chi connectivity index (χ2v) is 29.6. The number of aliphatic hydroxyl groups is 8. The molecule has 0 aromatic carbocycles. The smallest absolute Gasteiger partial charge is 0.220 e. The van der Waals surface area contributed by atoms with Gasteiger partial charge in [0.25, 0.3) is 0 Å². The molecule has 97 heavy (non-hydrogen) atoms. The van der Waals surface area contributed by atoms with Crippen molar-refractivity contribution < 1.29 is 64.6 Å². The molecule has 2 aliphatic heterocycles. The first-order valence-electron chi connectivity index (χ1n) is 41.7. The zero-order valence-corrected chi connectivity index (χ0v) is 62.9. The van der Waals surface area contributed by atoms with E-state index in [1.165, 1.54) is 327 Å². The van der Waals surface area contributed by atoms with Crippen molar-refractivity contribution in [3.8, 4) is 0 Å². The molecule has 14 nitrogen and oxygen atoms in total. The third-order valence-electron chi connectivity index (χ3n) is 20.5. The first kappa shape index (κ1) is 91.3. The molecule has 2 aliphatic rings. The van der Waals surface area contributed by atoms with Crippen molar-refractivity contribution in [1.82, 2.24) is 5.32 Å². The fourth-order valence-electron chi connectivity index (χ4n) is 14.0. The fraction of sp³-hybridized carbons (Fsp3) is 0.916. The first-order chi connectivity index (χ1) is 47.6. The maximum Gasteiger partial charge on any atom is 0.220 e. The Morgan fingerprint density at radius 3 is 1.01 bits per heavy atom. The van der Waals surface area contributed by atoms with Crippen LogP contribution in [-0.4, -0.2) is 140 Å². The summed E-state index contributed by atoms with van der Waals surface area (Å²) >= 11 is 0. The normalized spacial score (nSPS) is 22.2. The summed E-state index contributed by atoms with van der Waals surface area (Å²) in [5.41, 5.74) is 0. The number of amides is 1. The number of aliphatic hydroxyl groups excluding tert-OH is 8. The van der Waals surface area contributed by atoms with Crippen LogP contribution in [0, 0.1) is 0 Å². The average molecular weight is 1380 g/mol. The Morgan fingerprint density at radius 2 is 0.660 bits per heavy atom. The molecule has 12 unspecified atom stereocenters. The molecule has 0 spiro atoms. The molecule has 0 bridgehead atoms. The van der Waals surface area contributed by atoms with E-state index in [0.717, 1.165) is 32.1 Å². The summed E-state index contributed by atoms with van der Waals surface area (Å²) in [6, 6.07) is -0.932. The molecule has 14 heteroatoms. The Kier molecular flexibility index (Phi) is 63.4. The number of allylic oxidation sites excluding steroid dienone is 5. The number of hydrogen-bond donors (Lipinski definition) is 9. The maximum atomic E-state index is 13.4. The van der Waals surface area contributed by atoms with Crippen molar-refractivity contribution in [2.45, 2.75) is 466 Å². The molecule has 0 aromatic rings. The molecule has 9 N–H and O–H groups in total. The maximum absolute atomic E-state index is 13.4. The largest absolute Gasteiger partial charge is 0.394 e. The minimum Gasteiger partial charge on any atom is -0.394 e. The van der Waals surface area contributed by atoms with Gasteiger partial charge in [-0.3, -0.25) is 4.79 Å². The highest BCUT2D eigenvalue weighted by atomic mass is 16.7. The van der Waals surface area contributed by atoms with E-state index >= 15 is 0 Å². The molecular formula is C83H157NO13. The van der Waals surface area contributed by atoms with Crippen molar-refractivity contribution in [2.24, 2.45) is 0 Å². The van der Waals surface area contributed by atoms with Crippen LogP contribution >= 0.6 is 0 Å². The number of carbonyl (C=O) groups is 1. The lowest BCUT2D eigenvalue weighted by atomic mass is 9.97. The monoisotopic (exact) mass is 1380 g/mol. The van der Waals surface area contributed by atoms with Crippen LogP contribution in [0.1, 0.15) is 393 Å². The van der Waals surface area contributed by atoms with Crippen LogP contribution in [0.25, 0.3) is 0 Å². The zero-order chi connectivity index (χ0) is 70.1. The molecular weight excluding hydrogens is 1220 g/mol. The molecule has 572 valence electrons. The molecule has 2 saturated heterocycles. The molecule has 2 fully saturated rings. The predicted octanol–water partition coefficient (Wildman–Crippen LogP) is 19.2. The summed E-state index contributed by atoms with van der Waals surface area (Å²) in [5, 5.41) is 87.7. The Balaban J connectivity index is 1.61. The lowest BCUT2D eigenvalue weighted by Crippen LogP contribution is -2.65. The lowest BCUT2D eigenvalue weighted by Gasteiger charge is -2.46. The Hall–Kier alpha value is -1.79. The van der Waals surface area contributed by atoms with Crippen molar-refractivity contribution in [2.75, 3.05) is 19.8 Å². The molecule has 2 rings (SSSR count). The Morgan fingerprint density at radius 1 is 0.361 bits per heavy atom. The van der Waals surface area contributed by atoms with Gasteiger partial charge in [0, 0.05) is 6.42 Å². The van der Waals surface area contributed by atoms with Gasteiger partial charge < -0.3 is 65.1 Å². The van der Waals surface area contributed by atoms with Crippen molar-refractivity contribution in [3.63, 3.8) is 0 Å². The lowest BCUT2D eigenvalue weighted by molar-refractivity contribution is -0.359. The second-order valence-electron chi connectivity index (χ2n) is 29.6. The molecule has 1 amide bonds. The van der Waals surface area contributed by atoms with E-state index < -0.39 is 86.8 Å². The minimum absolute atomic E-state index is 0.241. The Bertz CT molecular complexity index is 1770. The van der Waals surface area contributed by atoms with Crippen LogP contribution in [0.2, 0.25) is 0 Å². The fourth-order valence-corrected chi connectivity index (χ4v) is 14.0. The van der Waals surface area contributed by atoms with Gasteiger partial charge in [0.15, 0.2) is 12.6 Å². The molecule has 0 aromatic heterocycles. The number of ether oxygens (including phenoxy) is 4. The van der Waals surface area contributed by atoms with E-state index in [-0.39, 0.29) is 18.9 Å². The highest BCUT2D eigenvalue weighted by Gasteiger charge is 2.51. The Labute approximate surface area is 595 Å². The van der Waals surface area contributed by atoms with Crippen LogP contribution in [0.5, 0.6) is 0 Å². The number of nitrogens with one attached hydrogen (secondary N) is 1. The van der Waals surface area contributed by atoms with Crippen LogP contribution in [0.3, 0.4) is 0 Å². The van der Waals surface area contributed by atoms with E-state index in [4.69, 9.17) is 18.9 Å². The van der Waals surface area contributed by atoms with Gasteiger partial charge >= 0.3 is 0 Å². The molecule has 12 atom stereocenters. The summed E-state index contributed by atoms with van der Waals surface area (Å²) in [6.45, 7) is 2.85. The molecule has 0 radical (unpaired) electrons. The van der Waals surface area contributed by atoms with Gasteiger partial charge in [-0.2, -0.15) is 0 Å². The van der Waals surface area contributed by atoms with E-state index in [2.05, 4.69) is 43.5 Å². The van der Waals surface area contributed by atoms with Gasteiger partial charge in [-0.25, -0.2) is 0 Å². The third-order valence-corrected chi connectivity index (χ3v) is 20.5. The van der Waals surface area contributed by atoms with Crippen molar-refractivity contribution in [3.05, 3.63) is 36.5 Å². The van der Waals surface area contributed by atoms with Gasteiger partial charge in [-0.15, -0.1) is 0 Å². The molecule has 0 saturated carbocycles. The zero-order valence-electron chi connectivity index (χ0n) is 62.9. The quantitative estimate of drug-likeness (QED) is 0.0204. The second kappa shape index (κ2) is 67.4. The van der Waals surface area contributed by atoms with E-state index in [0.29, 0.717) is 12.8 Å². The van der Waals surface area contributed by atoms with Gasteiger partial charge in [0.1, 0.15) is 48.8 Å². The van der Waals surface area contributed by atoms with E-state index in [9.17, 15) is 45.6 Å². The van der Waals surface area contributed by atoms with Crippen molar-refractivity contribution in [1.29, 1.82) is 0 Å². The van der Waals surface area contributed by atoms with Crippen LogP contribution in [0.15, 0.2) is 36.5 Å². The average Bonchev–Trinajstić information content (AvgIpc) is 0.794. The summed E-state index contributed by atoms with van der Waals surface area (Å²) in [5.74, 6) is -0.241. The SMILES string of the molecule is CCCCCCCCCC/C=C\CCCCCCCCCCCCCCCCCCCCCC(=O)NC(COC1OC(CO)C(OC2OC(CO)C(O)C(O)C2O)C(O)C1O)C(O)/C=C/CC/C=C/CCCCCCCCCCCCCCCCCCCCCCCCCCCC. The van der Waals surface area contributed by atoms with Gasteiger partial charge in [0.05, 0.1) is 32.0 Å². The van der Waals surface area contributed by atoms with Crippen molar-refractivity contribution >= 4 is 5.91 Å². The van der Waals surface area contributed by atoms with E-state index in [1.54, 1.807) is 6.08 Å². The number of carbonyl (C=O) groups excluding carboxylic acids is 1. The number of hydrogen-bond acceptors (Lipinski definition) is 13. The summed E-state index contributed by atoms with van der Waals surface area (Å²) < 4.78 is 22.9. The summed E-state index contributed by atoms with van der Waals surface area (Å²) in [4.78, 5) is 13.4. The number of rotatable bonds is 71. The van der Waals surface area contributed by atoms with E-state index in [1.807, 2.05) is 6.08 Å². The predicted molar refractivity (Wildman–Crippen MR) is 401 cm³/mol. The minimum atomic E-state index is -1.79. The van der Waals surface area contributed by atoms with Gasteiger partial charge in [-0.05, 0) is 57.8 Å². The number of unbranched alkanes of at least 4 members (excludes halogenated alkanes) is 54. The first-order valence-corrected chi connectivity index (χ1v) is 41.7.